The highest BCUT2D eigenvalue weighted by molar-refractivity contribution is 9.10. The molecule has 4 nitrogen and oxygen atoms in total. The summed E-state index contributed by atoms with van der Waals surface area (Å²) in [4.78, 5) is 0. The van der Waals surface area contributed by atoms with Gasteiger partial charge in [0, 0.05) is 6.07 Å². The molecule has 0 aliphatic heterocycles. The van der Waals surface area contributed by atoms with Crippen molar-refractivity contribution < 1.29 is 17.7 Å². The largest absolute Gasteiger partial charge is 0.354 e. The van der Waals surface area contributed by atoms with Gasteiger partial charge in [-0.25, -0.2) is 17.9 Å². The Balaban J connectivity index is 1.82. The summed E-state index contributed by atoms with van der Waals surface area (Å²) >= 11 is 9.48. The minimum absolute atomic E-state index is 0.0816. The van der Waals surface area contributed by atoms with Crippen LogP contribution in [0.2, 0.25) is 5.02 Å². The molecule has 9 heteroatoms. The number of hydrogen-bond acceptors (Lipinski definition) is 3. The van der Waals surface area contributed by atoms with E-state index in [1.54, 1.807) is 13.0 Å². The van der Waals surface area contributed by atoms with Gasteiger partial charge in [-0.15, -0.1) is 0 Å². The van der Waals surface area contributed by atoms with E-state index < -0.39 is 17.5 Å². The molecule has 0 bridgehead atoms. The Hall–Kier alpha value is -2.58. The van der Waals surface area contributed by atoms with E-state index in [9.17, 15) is 13.2 Å². The van der Waals surface area contributed by atoms with Gasteiger partial charge in [0.25, 0.3) is 0 Å². The van der Waals surface area contributed by atoms with Crippen LogP contribution < -0.4 is 0 Å². The smallest absolute Gasteiger partial charge is 0.185 e. The maximum absolute atomic E-state index is 14.2. The lowest BCUT2D eigenvalue weighted by atomic mass is 10.1. The van der Waals surface area contributed by atoms with Gasteiger partial charge in [-0.3, -0.25) is 0 Å². The standard InChI is InChI=1S/C19H10BrClF3N3O/c1-9-11(8-25-27(9)15-6-5-10(22)7-14(15)24)19-17(20)18(26-28-19)16-12(21)3-2-4-13(16)23/h2-8H,1H3. The number of benzene rings is 2. The van der Waals surface area contributed by atoms with E-state index in [1.807, 2.05) is 0 Å². The zero-order valence-electron chi connectivity index (χ0n) is 14.2. The van der Waals surface area contributed by atoms with Crippen LogP contribution in [0.1, 0.15) is 5.69 Å². The van der Waals surface area contributed by atoms with Crippen molar-refractivity contribution in [2.24, 2.45) is 0 Å². The van der Waals surface area contributed by atoms with Gasteiger partial charge in [0.1, 0.15) is 23.0 Å². The van der Waals surface area contributed by atoms with Crippen LogP contribution in [0.15, 0.2) is 51.6 Å². The fourth-order valence-corrected chi connectivity index (χ4v) is 3.66. The first-order chi connectivity index (χ1) is 13.4. The van der Waals surface area contributed by atoms with Gasteiger partial charge in [-0.1, -0.05) is 22.8 Å². The first-order valence-electron chi connectivity index (χ1n) is 7.98. The number of rotatable bonds is 3. The molecule has 28 heavy (non-hydrogen) atoms. The molecule has 0 aliphatic rings. The third-order valence-corrected chi connectivity index (χ3v) is 5.28. The quantitative estimate of drug-likeness (QED) is 0.353. The lowest BCUT2D eigenvalue weighted by Gasteiger charge is -2.06. The van der Waals surface area contributed by atoms with Crippen molar-refractivity contribution in [3.8, 4) is 28.3 Å². The first kappa shape index (κ1) is 18.8. The van der Waals surface area contributed by atoms with Crippen LogP contribution in [0, 0.1) is 24.4 Å². The molecule has 0 saturated carbocycles. The second-order valence-corrected chi connectivity index (χ2v) is 7.12. The molecule has 4 aromatic rings. The molecule has 142 valence electrons. The van der Waals surface area contributed by atoms with Crippen molar-refractivity contribution in [3.05, 3.63) is 75.2 Å². The third-order valence-electron chi connectivity index (χ3n) is 4.23. The summed E-state index contributed by atoms with van der Waals surface area (Å²) in [5, 5.41) is 8.27. The van der Waals surface area contributed by atoms with E-state index in [0.717, 1.165) is 12.1 Å². The van der Waals surface area contributed by atoms with E-state index in [2.05, 4.69) is 26.2 Å². The van der Waals surface area contributed by atoms with Crippen LogP contribution >= 0.6 is 27.5 Å². The van der Waals surface area contributed by atoms with Gasteiger partial charge >= 0.3 is 0 Å². The Morgan fingerprint density at radius 3 is 2.61 bits per heavy atom. The summed E-state index contributed by atoms with van der Waals surface area (Å²) < 4.78 is 48.6. The monoisotopic (exact) mass is 467 g/mol. The SMILES string of the molecule is Cc1c(-c2onc(-c3c(F)cccc3Cl)c2Br)cnn1-c1ccc(F)cc1F. The number of nitrogens with zero attached hydrogens (tertiary/aromatic N) is 3. The fourth-order valence-electron chi connectivity index (χ4n) is 2.85. The van der Waals surface area contributed by atoms with E-state index in [1.165, 1.54) is 29.1 Å². The van der Waals surface area contributed by atoms with Crippen molar-refractivity contribution in [1.29, 1.82) is 0 Å². The second-order valence-electron chi connectivity index (χ2n) is 5.92. The fraction of sp³-hybridized carbons (Fsp3) is 0.0526. The molecule has 0 saturated heterocycles. The summed E-state index contributed by atoms with van der Waals surface area (Å²) in [7, 11) is 0. The Kier molecular flexibility index (Phi) is 4.76. The maximum atomic E-state index is 14.2. The molecule has 0 atom stereocenters. The van der Waals surface area contributed by atoms with E-state index in [4.69, 9.17) is 16.1 Å². The Morgan fingerprint density at radius 1 is 1.11 bits per heavy atom. The molecule has 0 fully saturated rings. The average molecular weight is 469 g/mol. The molecule has 0 radical (unpaired) electrons. The predicted molar refractivity (Wildman–Crippen MR) is 102 cm³/mol. The third kappa shape index (κ3) is 3.02. The van der Waals surface area contributed by atoms with Gasteiger partial charge in [-0.2, -0.15) is 5.10 Å². The van der Waals surface area contributed by atoms with Crippen molar-refractivity contribution in [3.63, 3.8) is 0 Å². The van der Waals surface area contributed by atoms with Gasteiger partial charge in [0.2, 0.25) is 0 Å². The van der Waals surface area contributed by atoms with Gasteiger partial charge in [-0.05, 0) is 47.1 Å². The molecular weight excluding hydrogens is 459 g/mol. The topological polar surface area (TPSA) is 43.9 Å². The van der Waals surface area contributed by atoms with Crippen LogP contribution in [-0.4, -0.2) is 14.9 Å². The van der Waals surface area contributed by atoms with Crippen molar-refractivity contribution in [1.82, 2.24) is 14.9 Å². The zero-order valence-corrected chi connectivity index (χ0v) is 16.5. The predicted octanol–water partition coefficient (Wildman–Crippen LogP) is 6.34. The summed E-state index contributed by atoms with van der Waals surface area (Å²) in [5.74, 6) is -1.71. The van der Waals surface area contributed by atoms with Crippen LogP contribution in [-0.2, 0) is 0 Å². The lowest BCUT2D eigenvalue weighted by Crippen LogP contribution is -2.02. The van der Waals surface area contributed by atoms with E-state index in [-0.39, 0.29) is 27.7 Å². The summed E-state index contributed by atoms with van der Waals surface area (Å²) in [6, 6.07) is 7.50. The van der Waals surface area contributed by atoms with Crippen molar-refractivity contribution >= 4 is 27.5 Å². The average Bonchev–Trinajstić information content (AvgIpc) is 3.18. The van der Waals surface area contributed by atoms with Crippen LogP contribution in [0.3, 0.4) is 0 Å². The highest BCUT2D eigenvalue weighted by atomic mass is 79.9. The zero-order chi connectivity index (χ0) is 20.0. The Bertz CT molecular complexity index is 1190. The molecule has 4 rings (SSSR count). The number of aromatic nitrogens is 3. The minimum atomic E-state index is -0.756. The molecule has 0 spiro atoms. The minimum Gasteiger partial charge on any atom is -0.354 e. The second kappa shape index (κ2) is 7.10. The Labute approximate surface area is 170 Å². The highest BCUT2D eigenvalue weighted by Gasteiger charge is 2.24. The van der Waals surface area contributed by atoms with Crippen LogP contribution in [0.5, 0.6) is 0 Å². The maximum Gasteiger partial charge on any atom is 0.185 e. The molecule has 0 aliphatic carbocycles. The normalized spacial score (nSPS) is 11.2. The van der Waals surface area contributed by atoms with Crippen LogP contribution in [0.25, 0.3) is 28.3 Å². The summed E-state index contributed by atoms with van der Waals surface area (Å²) in [6.45, 7) is 1.69. The number of halogens is 5. The first-order valence-corrected chi connectivity index (χ1v) is 9.15. The molecule has 2 aromatic heterocycles. The highest BCUT2D eigenvalue weighted by Crippen LogP contribution is 2.41. The lowest BCUT2D eigenvalue weighted by molar-refractivity contribution is 0.433. The van der Waals surface area contributed by atoms with Gasteiger partial charge < -0.3 is 4.52 Å². The molecule has 2 heterocycles. The molecular formula is C19H10BrClF3N3O. The summed E-state index contributed by atoms with van der Waals surface area (Å²) in [5.41, 5.74) is 1.40. The molecule has 0 unspecified atom stereocenters. The van der Waals surface area contributed by atoms with Gasteiger partial charge in [0.15, 0.2) is 11.6 Å². The summed E-state index contributed by atoms with van der Waals surface area (Å²) in [6.07, 6.45) is 1.45. The Morgan fingerprint density at radius 2 is 1.89 bits per heavy atom. The molecule has 0 amide bonds. The molecule has 2 aromatic carbocycles. The van der Waals surface area contributed by atoms with Crippen LogP contribution in [0.4, 0.5) is 13.2 Å². The van der Waals surface area contributed by atoms with E-state index in [0.29, 0.717) is 15.7 Å². The van der Waals surface area contributed by atoms with Gasteiger partial charge in [0.05, 0.1) is 32.5 Å². The van der Waals surface area contributed by atoms with E-state index >= 15 is 0 Å². The van der Waals surface area contributed by atoms with Crippen molar-refractivity contribution in [2.75, 3.05) is 0 Å². The molecule has 0 N–H and O–H groups in total. The van der Waals surface area contributed by atoms with Crippen molar-refractivity contribution in [2.45, 2.75) is 6.92 Å². The number of hydrogen-bond donors (Lipinski definition) is 0.